The first-order valence-electron chi connectivity index (χ1n) is 5.56. The number of ether oxygens (including phenoxy) is 1. The van der Waals surface area contributed by atoms with Crippen molar-refractivity contribution in [2.45, 2.75) is 4.83 Å². The summed E-state index contributed by atoms with van der Waals surface area (Å²) in [5, 5.41) is 1.65. The third kappa shape index (κ3) is 3.45. The number of methoxy groups -OCH3 is 1. The number of benzene rings is 2. The zero-order valence-corrected chi connectivity index (χ0v) is 15.7. The summed E-state index contributed by atoms with van der Waals surface area (Å²) in [6, 6.07) is 9.13. The van der Waals surface area contributed by atoms with E-state index < -0.39 is 0 Å². The van der Waals surface area contributed by atoms with Gasteiger partial charge in [-0.05, 0) is 45.8 Å². The van der Waals surface area contributed by atoms with Gasteiger partial charge in [0.15, 0.2) is 0 Å². The van der Waals surface area contributed by atoms with Gasteiger partial charge in [0, 0.05) is 10.6 Å². The Bertz CT molecular complexity index is 647. The van der Waals surface area contributed by atoms with E-state index >= 15 is 0 Å². The molecule has 0 amide bonds. The zero-order valence-electron chi connectivity index (χ0n) is 10.3. The van der Waals surface area contributed by atoms with Crippen LogP contribution in [0, 0.1) is 0 Å². The lowest BCUT2D eigenvalue weighted by atomic mass is 10.0. The molecule has 2 rings (SSSR count). The molecule has 1 atom stereocenters. The second-order valence-corrected chi connectivity index (χ2v) is 7.07. The van der Waals surface area contributed by atoms with Crippen LogP contribution in [0.3, 0.4) is 0 Å². The van der Waals surface area contributed by atoms with E-state index in [-0.39, 0.29) is 4.83 Å². The highest BCUT2D eigenvalue weighted by Crippen LogP contribution is 2.43. The summed E-state index contributed by atoms with van der Waals surface area (Å²) in [6.07, 6.45) is 0. The Morgan fingerprint density at radius 2 is 1.75 bits per heavy atom. The van der Waals surface area contributed by atoms with E-state index in [9.17, 15) is 0 Å². The van der Waals surface area contributed by atoms with E-state index in [1.54, 1.807) is 19.2 Å². The Kier molecular flexibility index (Phi) is 5.66. The maximum atomic E-state index is 6.11. The van der Waals surface area contributed by atoms with Crippen molar-refractivity contribution in [2.75, 3.05) is 7.11 Å². The van der Waals surface area contributed by atoms with Crippen LogP contribution in [0.15, 0.2) is 34.8 Å². The fourth-order valence-corrected chi connectivity index (χ4v) is 3.76. The van der Waals surface area contributed by atoms with Crippen LogP contribution in [0.4, 0.5) is 0 Å². The molecule has 1 nitrogen and oxygen atoms in total. The van der Waals surface area contributed by atoms with Crippen LogP contribution in [0.2, 0.25) is 15.1 Å². The van der Waals surface area contributed by atoms with E-state index in [1.165, 1.54) is 0 Å². The first kappa shape index (κ1) is 16.4. The molecule has 0 aliphatic carbocycles. The second kappa shape index (κ2) is 6.89. The molecule has 1 unspecified atom stereocenters. The van der Waals surface area contributed by atoms with Crippen molar-refractivity contribution >= 4 is 66.7 Å². The fraction of sp³-hybridized carbons (Fsp3) is 0.143. The topological polar surface area (TPSA) is 9.23 Å². The van der Waals surface area contributed by atoms with Gasteiger partial charge >= 0.3 is 0 Å². The van der Waals surface area contributed by atoms with E-state index in [1.807, 2.05) is 18.2 Å². The molecule has 0 bridgehead atoms. The average Bonchev–Trinajstić information content (AvgIpc) is 2.40. The summed E-state index contributed by atoms with van der Waals surface area (Å²) in [7, 11) is 1.62. The number of halogens is 5. The molecule has 0 spiro atoms. The molecular formula is C14H9Br2Cl3O. The SMILES string of the molecule is COc1c(Br)cc(Cl)cc1C(Br)c1ccc(Cl)c(Cl)c1. The van der Waals surface area contributed by atoms with Gasteiger partial charge in [0.05, 0.1) is 26.5 Å². The van der Waals surface area contributed by atoms with E-state index in [0.29, 0.717) is 15.1 Å². The normalized spacial score (nSPS) is 12.3. The Balaban J connectivity index is 2.52. The monoisotopic (exact) mass is 456 g/mol. The lowest BCUT2D eigenvalue weighted by Crippen LogP contribution is -1.98. The number of alkyl halides is 1. The van der Waals surface area contributed by atoms with Crippen molar-refractivity contribution in [3.05, 3.63) is 61.0 Å². The van der Waals surface area contributed by atoms with Gasteiger partial charge in [-0.25, -0.2) is 0 Å². The molecule has 20 heavy (non-hydrogen) atoms. The standard InChI is InChI=1S/C14H9Br2Cl3O/c1-20-14-9(5-8(17)6-10(14)15)13(16)7-2-3-11(18)12(19)4-7/h2-6,13H,1H3. The third-order valence-corrected chi connectivity index (χ3v) is 5.32. The van der Waals surface area contributed by atoms with Crippen LogP contribution in [-0.4, -0.2) is 7.11 Å². The molecule has 0 saturated carbocycles. The smallest absolute Gasteiger partial charge is 0.137 e. The minimum atomic E-state index is -0.109. The summed E-state index contributed by atoms with van der Waals surface area (Å²) in [4.78, 5) is -0.109. The molecule has 0 heterocycles. The molecule has 0 saturated heterocycles. The molecule has 0 aliphatic heterocycles. The Morgan fingerprint density at radius 3 is 2.35 bits per heavy atom. The molecule has 6 heteroatoms. The van der Waals surface area contributed by atoms with Crippen molar-refractivity contribution in [3.63, 3.8) is 0 Å². The highest BCUT2D eigenvalue weighted by molar-refractivity contribution is 9.10. The van der Waals surface area contributed by atoms with E-state index in [2.05, 4.69) is 31.9 Å². The van der Waals surface area contributed by atoms with Crippen LogP contribution >= 0.6 is 66.7 Å². The van der Waals surface area contributed by atoms with Crippen LogP contribution < -0.4 is 4.74 Å². The average molecular weight is 459 g/mol. The van der Waals surface area contributed by atoms with Gasteiger partial charge in [0.1, 0.15) is 5.75 Å². The van der Waals surface area contributed by atoms with Gasteiger partial charge < -0.3 is 4.74 Å². The first-order chi connectivity index (χ1) is 9.43. The fourth-order valence-electron chi connectivity index (χ4n) is 1.83. The molecule has 0 aromatic heterocycles. The van der Waals surface area contributed by atoms with Crippen LogP contribution in [0.25, 0.3) is 0 Å². The predicted octanol–water partition coefficient (Wildman–Crippen LogP) is 6.90. The maximum absolute atomic E-state index is 6.11. The van der Waals surface area contributed by atoms with Crippen molar-refractivity contribution < 1.29 is 4.74 Å². The first-order valence-corrected chi connectivity index (χ1v) is 8.40. The van der Waals surface area contributed by atoms with Gasteiger partial charge in [-0.2, -0.15) is 0 Å². The minimum Gasteiger partial charge on any atom is -0.495 e. The lowest BCUT2D eigenvalue weighted by Gasteiger charge is -2.17. The highest BCUT2D eigenvalue weighted by Gasteiger charge is 2.19. The molecular weight excluding hydrogens is 450 g/mol. The minimum absolute atomic E-state index is 0.109. The number of rotatable bonds is 3. The Labute approximate surface area is 149 Å². The Hall–Kier alpha value is 0.0700. The molecule has 106 valence electrons. The van der Waals surface area contributed by atoms with Gasteiger partial charge in [-0.15, -0.1) is 0 Å². The molecule has 0 fully saturated rings. The molecule has 2 aromatic carbocycles. The molecule has 0 radical (unpaired) electrons. The van der Waals surface area contributed by atoms with Gasteiger partial charge in [0.25, 0.3) is 0 Å². The molecule has 0 N–H and O–H groups in total. The van der Waals surface area contributed by atoms with Gasteiger partial charge in [0.2, 0.25) is 0 Å². The van der Waals surface area contributed by atoms with Crippen molar-refractivity contribution in [2.24, 2.45) is 0 Å². The van der Waals surface area contributed by atoms with Crippen molar-refractivity contribution in [1.82, 2.24) is 0 Å². The van der Waals surface area contributed by atoms with Gasteiger partial charge in [-0.3, -0.25) is 0 Å². The van der Waals surface area contributed by atoms with Crippen LogP contribution in [-0.2, 0) is 0 Å². The molecule has 2 aromatic rings. The van der Waals surface area contributed by atoms with Crippen molar-refractivity contribution in [1.29, 1.82) is 0 Å². The summed E-state index contributed by atoms with van der Waals surface area (Å²) in [5.41, 5.74) is 1.87. The maximum Gasteiger partial charge on any atom is 0.137 e. The lowest BCUT2D eigenvalue weighted by molar-refractivity contribution is 0.408. The third-order valence-electron chi connectivity index (χ3n) is 2.75. The molecule has 0 aliphatic rings. The Morgan fingerprint density at radius 1 is 1.05 bits per heavy atom. The summed E-state index contributed by atoms with van der Waals surface area (Å²) >= 11 is 25.2. The zero-order chi connectivity index (χ0) is 14.9. The number of hydrogen-bond acceptors (Lipinski definition) is 1. The summed E-state index contributed by atoms with van der Waals surface area (Å²) < 4.78 is 6.23. The summed E-state index contributed by atoms with van der Waals surface area (Å²) in [6.45, 7) is 0. The van der Waals surface area contributed by atoms with E-state index in [4.69, 9.17) is 39.5 Å². The number of hydrogen-bond donors (Lipinski definition) is 0. The highest BCUT2D eigenvalue weighted by atomic mass is 79.9. The quantitative estimate of drug-likeness (QED) is 0.454. The second-order valence-electron chi connectivity index (χ2n) is 4.05. The van der Waals surface area contributed by atoms with E-state index in [0.717, 1.165) is 21.3 Å². The largest absolute Gasteiger partial charge is 0.495 e. The van der Waals surface area contributed by atoms with Crippen molar-refractivity contribution in [3.8, 4) is 5.75 Å². The van der Waals surface area contributed by atoms with Gasteiger partial charge in [-0.1, -0.05) is 56.8 Å². The summed E-state index contributed by atoms with van der Waals surface area (Å²) in [5.74, 6) is 0.724. The van der Waals surface area contributed by atoms with Crippen LogP contribution in [0.1, 0.15) is 16.0 Å². The predicted molar refractivity (Wildman–Crippen MR) is 92.9 cm³/mol. The van der Waals surface area contributed by atoms with Crippen LogP contribution in [0.5, 0.6) is 5.75 Å².